The SMILES string of the molecule is O=C(COc1ccc(Cl)cc1Br)NNC(=O)c1sc2ccccc2c1Cl. The second-order valence-corrected chi connectivity index (χ2v) is 7.83. The summed E-state index contributed by atoms with van der Waals surface area (Å²) in [6.45, 7) is -0.277. The highest BCUT2D eigenvalue weighted by atomic mass is 79.9. The lowest BCUT2D eigenvalue weighted by Crippen LogP contribution is -2.43. The van der Waals surface area contributed by atoms with Crippen molar-refractivity contribution in [3.63, 3.8) is 0 Å². The molecule has 3 aromatic rings. The number of carbonyl (C=O) groups excluding carboxylic acids is 2. The number of thiophene rings is 1. The van der Waals surface area contributed by atoms with Gasteiger partial charge in [0.05, 0.1) is 9.50 Å². The van der Waals surface area contributed by atoms with Crippen LogP contribution < -0.4 is 15.6 Å². The lowest BCUT2D eigenvalue weighted by molar-refractivity contribution is -0.123. The van der Waals surface area contributed by atoms with E-state index < -0.39 is 11.8 Å². The molecule has 0 radical (unpaired) electrons. The maximum Gasteiger partial charge on any atom is 0.281 e. The molecule has 1 heterocycles. The zero-order valence-electron chi connectivity index (χ0n) is 13.0. The first kappa shape index (κ1) is 19.0. The highest BCUT2D eigenvalue weighted by Gasteiger charge is 2.17. The van der Waals surface area contributed by atoms with Gasteiger partial charge in [0.25, 0.3) is 11.8 Å². The molecule has 0 unspecified atom stereocenters. The van der Waals surface area contributed by atoms with E-state index in [2.05, 4.69) is 26.8 Å². The van der Waals surface area contributed by atoms with Gasteiger partial charge in [-0.3, -0.25) is 20.4 Å². The molecule has 26 heavy (non-hydrogen) atoms. The fourth-order valence-electron chi connectivity index (χ4n) is 2.11. The highest BCUT2D eigenvalue weighted by Crippen LogP contribution is 2.34. The van der Waals surface area contributed by atoms with Gasteiger partial charge in [0, 0.05) is 15.1 Å². The van der Waals surface area contributed by atoms with Gasteiger partial charge in [-0.1, -0.05) is 41.4 Å². The number of rotatable bonds is 4. The van der Waals surface area contributed by atoms with Crippen molar-refractivity contribution in [3.8, 4) is 5.75 Å². The van der Waals surface area contributed by atoms with E-state index in [0.717, 1.165) is 10.1 Å². The fraction of sp³-hybridized carbons (Fsp3) is 0.0588. The molecule has 2 aromatic carbocycles. The molecule has 2 amide bonds. The maximum atomic E-state index is 12.2. The van der Waals surface area contributed by atoms with Crippen LogP contribution in [-0.4, -0.2) is 18.4 Å². The molecule has 0 aliphatic rings. The molecule has 3 rings (SSSR count). The summed E-state index contributed by atoms with van der Waals surface area (Å²) in [6, 6.07) is 12.3. The minimum Gasteiger partial charge on any atom is -0.483 e. The zero-order chi connectivity index (χ0) is 18.7. The predicted octanol–water partition coefficient (Wildman–Crippen LogP) is 4.81. The molecule has 0 atom stereocenters. The maximum absolute atomic E-state index is 12.2. The number of ether oxygens (including phenoxy) is 1. The van der Waals surface area contributed by atoms with Gasteiger partial charge in [-0.15, -0.1) is 11.3 Å². The summed E-state index contributed by atoms with van der Waals surface area (Å²) < 4.78 is 6.89. The molecule has 5 nitrogen and oxygen atoms in total. The fourth-order valence-corrected chi connectivity index (χ4v) is 4.32. The molecule has 0 saturated carbocycles. The van der Waals surface area contributed by atoms with E-state index in [1.54, 1.807) is 18.2 Å². The quantitative estimate of drug-likeness (QED) is 0.534. The van der Waals surface area contributed by atoms with Gasteiger partial charge in [0.1, 0.15) is 10.6 Å². The number of amides is 2. The molecule has 2 N–H and O–H groups in total. The molecule has 9 heteroatoms. The Morgan fingerprint density at radius 3 is 2.62 bits per heavy atom. The number of carbonyl (C=O) groups is 2. The largest absolute Gasteiger partial charge is 0.483 e. The first-order valence-corrected chi connectivity index (χ1v) is 9.66. The summed E-state index contributed by atoms with van der Waals surface area (Å²) >= 11 is 16.6. The Morgan fingerprint density at radius 1 is 1.12 bits per heavy atom. The van der Waals surface area contributed by atoms with Crippen LogP contribution in [0.3, 0.4) is 0 Å². The number of fused-ring (bicyclic) bond motifs is 1. The third kappa shape index (κ3) is 4.29. The molecular formula is C17H11BrCl2N2O3S. The van der Waals surface area contributed by atoms with E-state index in [1.165, 1.54) is 11.3 Å². The van der Waals surface area contributed by atoms with Gasteiger partial charge >= 0.3 is 0 Å². The van der Waals surface area contributed by atoms with E-state index in [1.807, 2.05) is 24.3 Å². The monoisotopic (exact) mass is 472 g/mol. The molecule has 0 aliphatic heterocycles. The van der Waals surface area contributed by atoms with E-state index >= 15 is 0 Å². The van der Waals surface area contributed by atoms with Crippen molar-refractivity contribution in [2.24, 2.45) is 0 Å². The van der Waals surface area contributed by atoms with Crippen LogP contribution in [0.2, 0.25) is 10.0 Å². The number of hydrazine groups is 1. The lowest BCUT2D eigenvalue weighted by Gasteiger charge is -2.09. The van der Waals surface area contributed by atoms with Crippen molar-refractivity contribution in [1.82, 2.24) is 10.9 Å². The van der Waals surface area contributed by atoms with Gasteiger partial charge in [0.2, 0.25) is 0 Å². The van der Waals surface area contributed by atoms with Crippen molar-refractivity contribution in [2.45, 2.75) is 0 Å². The van der Waals surface area contributed by atoms with Gasteiger partial charge in [-0.05, 0) is 40.2 Å². The Bertz CT molecular complexity index is 993. The van der Waals surface area contributed by atoms with Crippen molar-refractivity contribution in [3.05, 3.63) is 61.9 Å². The van der Waals surface area contributed by atoms with E-state index in [9.17, 15) is 9.59 Å². The highest BCUT2D eigenvalue weighted by molar-refractivity contribution is 9.10. The molecule has 0 aliphatic carbocycles. The molecule has 134 valence electrons. The Kier molecular flexibility index (Phi) is 6.03. The van der Waals surface area contributed by atoms with Crippen LogP contribution in [0, 0.1) is 0 Å². The number of hydrogen-bond donors (Lipinski definition) is 2. The van der Waals surface area contributed by atoms with Crippen molar-refractivity contribution >= 4 is 72.4 Å². The Balaban J connectivity index is 1.56. The Hall–Kier alpha value is -1.80. The van der Waals surface area contributed by atoms with Gasteiger partial charge in [-0.25, -0.2) is 0 Å². The van der Waals surface area contributed by atoms with Crippen LogP contribution in [-0.2, 0) is 4.79 Å². The summed E-state index contributed by atoms with van der Waals surface area (Å²) in [6.07, 6.45) is 0. The number of halogens is 3. The topological polar surface area (TPSA) is 67.4 Å². The molecule has 0 spiro atoms. The number of benzene rings is 2. The van der Waals surface area contributed by atoms with E-state index in [0.29, 0.717) is 25.1 Å². The second-order valence-electron chi connectivity index (χ2n) is 5.11. The van der Waals surface area contributed by atoms with Crippen molar-refractivity contribution in [2.75, 3.05) is 6.61 Å². The zero-order valence-corrected chi connectivity index (χ0v) is 16.9. The van der Waals surface area contributed by atoms with Crippen LogP contribution in [0.5, 0.6) is 5.75 Å². The normalized spacial score (nSPS) is 10.6. The van der Waals surface area contributed by atoms with Crippen molar-refractivity contribution in [1.29, 1.82) is 0 Å². The molecule has 0 bridgehead atoms. The third-order valence-electron chi connectivity index (χ3n) is 3.31. The Morgan fingerprint density at radius 2 is 1.88 bits per heavy atom. The summed E-state index contributed by atoms with van der Waals surface area (Å²) in [5.41, 5.74) is 4.63. The third-order valence-corrected chi connectivity index (χ3v) is 5.84. The van der Waals surface area contributed by atoms with Gasteiger partial charge < -0.3 is 4.74 Å². The molecular weight excluding hydrogens is 463 g/mol. The average Bonchev–Trinajstić information content (AvgIpc) is 2.96. The van der Waals surface area contributed by atoms with Gasteiger partial charge in [0.15, 0.2) is 6.61 Å². The van der Waals surface area contributed by atoms with Gasteiger partial charge in [-0.2, -0.15) is 0 Å². The van der Waals surface area contributed by atoms with Crippen LogP contribution in [0.4, 0.5) is 0 Å². The summed E-state index contributed by atoms with van der Waals surface area (Å²) in [4.78, 5) is 24.4. The van der Waals surface area contributed by atoms with Crippen LogP contribution in [0.1, 0.15) is 9.67 Å². The van der Waals surface area contributed by atoms with Crippen LogP contribution in [0.15, 0.2) is 46.9 Å². The molecule has 0 fully saturated rings. The summed E-state index contributed by atoms with van der Waals surface area (Å²) in [5, 5.41) is 1.70. The molecule has 1 aromatic heterocycles. The average molecular weight is 474 g/mol. The van der Waals surface area contributed by atoms with Crippen LogP contribution >= 0.6 is 50.5 Å². The second kappa shape index (κ2) is 8.26. The summed E-state index contributed by atoms with van der Waals surface area (Å²) in [7, 11) is 0. The number of hydrogen-bond acceptors (Lipinski definition) is 4. The Labute approximate surface area is 171 Å². The smallest absolute Gasteiger partial charge is 0.281 e. The lowest BCUT2D eigenvalue weighted by atomic mass is 10.2. The van der Waals surface area contributed by atoms with E-state index in [4.69, 9.17) is 27.9 Å². The standard InChI is InChI=1S/C17H11BrCl2N2O3S/c18-11-7-9(19)5-6-12(11)25-8-14(23)21-22-17(24)16-15(20)10-3-1-2-4-13(10)26-16/h1-7H,8H2,(H,21,23)(H,22,24). The minimum atomic E-state index is -0.516. The first-order chi connectivity index (χ1) is 12.5. The van der Waals surface area contributed by atoms with E-state index in [-0.39, 0.29) is 6.61 Å². The predicted molar refractivity (Wildman–Crippen MR) is 107 cm³/mol. The summed E-state index contributed by atoms with van der Waals surface area (Å²) in [5.74, 6) is -0.543. The molecule has 0 saturated heterocycles. The minimum absolute atomic E-state index is 0.277. The van der Waals surface area contributed by atoms with Crippen LogP contribution in [0.25, 0.3) is 10.1 Å². The first-order valence-electron chi connectivity index (χ1n) is 7.30. The van der Waals surface area contributed by atoms with Crippen molar-refractivity contribution < 1.29 is 14.3 Å². The number of nitrogens with one attached hydrogen (secondary N) is 2.